The topological polar surface area (TPSA) is 79.3 Å². The Morgan fingerprint density at radius 2 is 2.00 bits per heavy atom. The van der Waals surface area contributed by atoms with Gasteiger partial charge in [0, 0.05) is 39.8 Å². The SMILES string of the molecule is CNc1nc(NCC(C)(O)CCOC)cc(C(F)(F)F)n1. The summed E-state index contributed by atoms with van der Waals surface area (Å²) in [6.07, 6.45) is -4.23. The Hall–Kier alpha value is -1.61. The van der Waals surface area contributed by atoms with Gasteiger partial charge in [0.2, 0.25) is 5.95 Å². The molecule has 21 heavy (non-hydrogen) atoms. The van der Waals surface area contributed by atoms with Crippen LogP contribution in [0.25, 0.3) is 0 Å². The number of aliphatic hydroxyl groups is 1. The van der Waals surface area contributed by atoms with Crippen LogP contribution in [0, 0.1) is 0 Å². The van der Waals surface area contributed by atoms with Gasteiger partial charge in [-0.25, -0.2) is 4.98 Å². The van der Waals surface area contributed by atoms with Gasteiger partial charge in [-0.1, -0.05) is 0 Å². The third kappa shape index (κ3) is 5.72. The first kappa shape index (κ1) is 17.4. The molecule has 0 amide bonds. The van der Waals surface area contributed by atoms with Crippen LogP contribution in [-0.2, 0) is 10.9 Å². The molecule has 1 unspecified atom stereocenters. The molecule has 6 nitrogen and oxygen atoms in total. The van der Waals surface area contributed by atoms with Crippen LogP contribution < -0.4 is 10.6 Å². The van der Waals surface area contributed by atoms with E-state index in [1.54, 1.807) is 6.92 Å². The highest BCUT2D eigenvalue weighted by Gasteiger charge is 2.33. The zero-order valence-corrected chi connectivity index (χ0v) is 12.1. The molecule has 9 heteroatoms. The molecule has 0 bridgehead atoms. The summed E-state index contributed by atoms with van der Waals surface area (Å²) in [7, 11) is 2.93. The number of aromatic nitrogens is 2. The predicted octanol–water partition coefficient (Wildman–Crippen LogP) is 1.74. The molecule has 0 aromatic carbocycles. The smallest absolute Gasteiger partial charge is 0.388 e. The summed E-state index contributed by atoms with van der Waals surface area (Å²) < 4.78 is 43.0. The van der Waals surface area contributed by atoms with Crippen molar-refractivity contribution >= 4 is 11.8 Å². The Balaban J connectivity index is 2.83. The number of halogens is 3. The van der Waals surface area contributed by atoms with Crippen molar-refractivity contribution in [2.24, 2.45) is 0 Å². The average molecular weight is 308 g/mol. The minimum absolute atomic E-state index is 0.0145. The maximum atomic E-state index is 12.7. The first-order chi connectivity index (χ1) is 9.68. The number of anilines is 2. The second-order valence-corrected chi connectivity index (χ2v) is 4.80. The maximum Gasteiger partial charge on any atom is 0.433 e. The monoisotopic (exact) mass is 308 g/mol. The summed E-state index contributed by atoms with van der Waals surface area (Å²) >= 11 is 0. The van der Waals surface area contributed by atoms with E-state index in [0.717, 1.165) is 6.07 Å². The highest BCUT2D eigenvalue weighted by Crippen LogP contribution is 2.29. The molecular formula is C12H19F3N4O2. The molecule has 0 aliphatic carbocycles. The number of alkyl halides is 3. The van der Waals surface area contributed by atoms with Crippen LogP contribution >= 0.6 is 0 Å². The van der Waals surface area contributed by atoms with Gasteiger partial charge in [-0.15, -0.1) is 0 Å². The number of methoxy groups -OCH3 is 1. The molecule has 0 radical (unpaired) electrons. The molecule has 0 aliphatic rings. The van der Waals surface area contributed by atoms with Gasteiger partial charge in [0.05, 0.1) is 5.60 Å². The van der Waals surface area contributed by atoms with E-state index < -0.39 is 17.5 Å². The minimum atomic E-state index is -4.57. The number of ether oxygens (including phenoxy) is 1. The Morgan fingerprint density at radius 3 is 2.52 bits per heavy atom. The van der Waals surface area contributed by atoms with Crippen LogP contribution in [0.2, 0.25) is 0 Å². The van der Waals surface area contributed by atoms with Crippen molar-refractivity contribution in [3.05, 3.63) is 11.8 Å². The standard InChI is InChI=1S/C12H19F3N4O2/c1-11(20,4-5-21-3)7-17-9-6-8(12(13,14)15)18-10(16-2)19-9/h6,20H,4-5,7H2,1-3H3,(H2,16,17,18,19). The van der Waals surface area contributed by atoms with E-state index in [1.165, 1.54) is 14.2 Å². The lowest BCUT2D eigenvalue weighted by Gasteiger charge is -2.23. The van der Waals surface area contributed by atoms with Crippen LogP contribution in [0.5, 0.6) is 0 Å². The van der Waals surface area contributed by atoms with E-state index in [-0.39, 0.29) is 18.3 Å². The van der Waals surface area contributed by atoms with Crippen molar-refractivity contribution in [3.8, 4) is 0 Å². The van der Waals surface area contributed by atoms with Gasteiger partial charge >= 0.3 is 6.18 Å². The average Bonchev–Trinajstić information content (AvgIpc) is 2.42. The van der Waals surface area contributed by atoms with E-state index in [9.17, 15) is 18.3 Å². The Bertz CT molecular complexity index is 466. The van der Waals surface area contributed by atoms with Gasteiger partial charge in [-0.2, -0.15) is 18.2 Å². The second kappa shape index (κ2) is 6.90. The molecule has 0 spiro atoms. The number of nitrogens with zero attached hydrogens (tertiary/aromatic N) is 2. The molecule has 1 aromatic rings. The van der Waals surface area contributed by atoms with Gasteiger partial charge in [0.25, 0.3) is 0 Å². The van der Waals surface area contributed by atoms with Crippen LogP contribution in [0.1, 0.15) is 19.0 Å². The number of hydrogen-bond acceptors (Lipinski definition) is 6. The molecule has 3 N–H and O–H groups in total. The lowest BCUT2D eigenvalue weighted by Crippen LogP contribution is -2.35. The summed E-state index contributed by atoms with van der Waals surface area (Å²) in [5.41, 5.74) is -2.18. The lowest BCUT2D eigenvalue weighted by molar-refractivity contribution is -0.141. The summed E-state index contributed by atoms with van der Waals surface area (Å²) in [5, 5.41) is 15.2. The second-order valence-electron chi connectivity index (χ2n) is 4.80. The molecule has 1 aromatic heterocycles. The summed E-state index contributed by atoms with van der Waals surface area (Å²) in [6, 6.07) is 0.799. The molecule has 0 saturated carbocycles. The Labute approximate surface area is 120 Å². The first-order valence-electron chi connectivity index (χ1n) is 6.27. The first-order valence-corrected chi connectivity index (χ1v) is 6.27. The summed E-state index contributed by atoms with van der Waals surface area (Å²) in [5.74, 6) is -0.164. The molecule has 1 heterocycles. The van der Waals surface area contributed by atoms with Crippen LogP contribution in [-0.4, -0.2) is 48.0 Å². The van der Waals surface area contributed by atoms with Crippen molar-refractivity contribution in [2.45, 2.75) is 25.1 Å². The highest BCUT2D eigenvalue weighted by molar-refractivity contribution is 5.43. The zero-order valence-electron chi connectivity index (χ0n) is 12.1. The van der Waals surface area contributed by atoms with E-state index in [2.05, 4.69) is 20.6 Å². The van der Waals surface area contributed by atoms with E-state index in [4.69, 9.17) is 4.74 Å². The molecule has 1 atom stereocenters. The van der Waals surface area contributed by atoms with Gasteiger partial charge in [0.1, 0.15) is 5.82 Å². The Kier molecular flexibility index (Phi) is 5.73. The van der Waals surface area contributed by atoms with Crippen LogP contribution in [0.15, 0.2) is 6.07 Å². The summed E-state index contributed by atoms with van der Waals surface area (Å²) in [4.78, 5) is 7.22. The number of rotatable bonds is 7. The fourth-order valence-electron chi connectivity index (χ4n) is 1.49. The van der Waals surface area contributed by atoms with E-state index >= 15 is 0 Å². The fraction of sp³-hybridized carbons (Fsp3) is 0.667. The fourth-order valence-corrected chi connectivity index (χ4v) is 1.49. The highest BCUT2D eigenvalue weighted by atomic mass is 19.4. The molecule has 1 rings (SSSR count). The number of hydrogen-bond donors (Lipinski definition) is 3. The maximum absolute atomic E-state index is 12.7. The van der Waals surface area contributed by atoms with E-state index in [1.807, 2.05) is 0 Å². The molecule has 0 saturated heterocycles. The van der Waals surface area contributed by atoms with Crippen molar-refractivity contribution in [2.75, 3.05) is 37.9 Å². The van der Waals surface area contributed by atoms with Crippen LogP contribution in [0.4, 0.5) is 24.9 Å². The lowest BCUT2D eigenvalue weighted by atomic mass is 10.0. The van der Waals surface area contributed by atoms with Crippen molar-refractivity contribution < 1.29 is 23.0 Å². The van der Waals surface area contributed by atoms with Gasteiger partial charge in [-0.05, 0) is 6.92 Å². The Morgan fingerprint density at radius 1 is 1.33 bits per heavy atom. The molecule has 0 aliphatic heterocycles. The van der Waals surface area contributed by atoms with Gasteiger partial charge in [-0.3, -0.25) is 0 Å². The summed E-state index contributed by atoms with van der Waals surface area (Å²) in [6.45, 7) is 1.94. The normalized spacial score (nSPS) is 14.6. The third-order valence-corrected chi connectivity index (χ3v) is 2.74. The third-order valence-electron chi connectivity index (χ3n) is 2.74. The van der Waals surface area contributed by atoms with Crippen molar-refractivity contribution in [1.82, 2.24) is 9.97 Å². The molecule has 0 fully saturated rings. The van der Waals surface area contributed by atoms with Crippen molar-refractivity contribution in [3.63, 3.8) is 0 Å². The number of nitrogens with one attached hydrogen (secondary N) is 2. The van der Waals surface area contributed by atoms with Gasteiger partial charge in [0.15, 0.2) is 5.69 Å². The molecular weight excluding hydrogens is 289 g/mol. The predicted molar refractivity (Wildman–Crippen MR) is 72.2 cm³/mol. The van der Waals surface area contributed by atoms with Crippen LogP contribution in [0.3, 0.4) is 0 Å². The van der Waals surface area contributed by atoms with Crippen molar-refractivity contribution in [1.29, 1.82) is 0 Å². The zero-order chi connectivity index (χ0) is 16.1. The minimum Gasteiger partial charge on any atom is -0.388 e. The van der Waals surface area contributed by atoms with E-state index in [0.29, 0.717) is 13.0 Å². The largest absolute Gasteiger partial charge is 0.433 e. The molecule has 120 valence electrons. The van der Waals surface area contributed by atoms with Gasteiger partial charge < -0.3 is 20.5 Å². The quantitative estimate of drug-likeness (QED) is 0.712.